The Morgan fingerprint density at radius 3 is 2.64 bits per heavy atom. The highest BCUT2D eigenvalue weighted by molar-refractivity contribution is 7.99. The van der Waals surface area contributed by atoms with Crippen LogP contribution in [-0.4, -0.2) is 36.9 Å². The number of anilines is 1. The Labute approximate surface area is 195 Å². The van der Waals surface area contributed by atoms with Crippen LogP contribution in [0, 0.1) is 0 Å². The standard InChI is InChI=1S/C24H22N6O2S/c1-29-17-25-28-24(29)33-16-22(31)26-20-11-7-10-19(14-20)23(32)27-21-12-5-6-13-30(21)15-18-8-3-2-4-9-18/h2-14,17H,15-16H2,1H3,(H,26,31). The molecule has 0 aliphatic carbocycles. The monoisotopic (exact) mass is 458 g/mol. The molecule has 0 saturated heterocycles. The molecule has 0 spiro atoms. The molecular weight excluding hydrogens is 436 g/mol. The lowest BCUT2D eigenvalue weighted by molar-refractivity contribution is -0.113. The third-order valence-electron chi connectivity index (χ3n) is 4.72. The van der Waals surface area contributed by atoms with Crippen molar-refractivity contribution in [3.63, 3.8) is 0 Å². The van der Waals surface area contributed by atoms with E-state index < -0.39 is 0 Å². The van der Waals surface area contributed by atoms with Gasteiger partial charge in [0.15, 0.2) is 5.16 Å². The molecule has 4 rings (SSSR count). The summed E-state index contributed by atoms with van der Waals surface area (Å²) in [5, 5.41) is 11.2. The van der Waals surface area contributed by atoms with Gasteiger partial charge in [-0.1, -0.05) is 54.2 Å². The molecule has 0 saturated carbocycles. The van der Waals surface area contributed by atoms with Crippen LogP contribution in [0.3, 0.4) is 0 Å². The van der Waals surface area contributed by atoms with Crippen LogP contribution in [0.2, 0.25) is 0 Å². The van der Waals surface area contributed by atoms with Crippen molar-refractivity contribution >= 4 is 29.3 Å². The van der Waals surface area contributed by atoms with Gasteiger partial charge in [0.2, 0.25) is 5.91 Å². The number of aromatic nitrogens is 4. The fourth-order valence-electron chi connectivity index (χ4n) is 3.11. The van der Waals surface area contributed by atoms with Gasteiger partial charge >= 0.3 is 0 Å². The zero-order valence-electron chi connectivity index (χ0n) is 18.0. The number of carbonyl (C=O) groups is 2. The summed E-state index contributed by atoms with van der Waals surface area (Å²) in [7, 11) is 1.81. The Bertz CT molecular complexity index is 1330. The van der Waals surface area contributed by atoms with Gasteiger partial charge < -0.3 is 14.5 Å². The Kier molecular flexibility index (Phi) is 7.11. The van der Waals surface area contributed by atoms with E-state index in [4.69, 9.17) is 0 Å². The summed E-state index contributed by atoms with van der Waals surface area (Å²) < 4.78 is 3.66. The van der Waals surface area contributed by atoms with Gasteiger partial charge in [-0.15, -0.1) is 10.2 Å². The number of nitrogens with one attached hydrogen (secondary N) is 1. The van der Waals surface area contributed by atoms with Crippen molar-refractivity contribution in [1.82, 2.24) is 19.3 Å². The van der Waals surface area contributed by atoms with Crippen LogP contribution in [0.1, 0.15) is 15.9 Å². The van der Waals surface area contributed by atoms with Gasteiger partial charge in [0.05, 0.1) is 5.75 Å². The second kappa shape index (κ2) is 10.6. The van der Waals surface area contributed by atoms with Gasteiger partial charge in [-0.05, 0) is 35.9 Å². The number of thioether (sulfide) groups is 1. The van der Waals surface area contributed by atoms with Gasteiger partial charge in [0, 0.05) is 31.0 Å². The van der Waals surface area contributed by atoms with Crippen LogP contribution in [0.4, 0.5) is 5.69 Å². The van der Waals surface area contributed by atoms with Crippen molar-refractivity contribution in [2.45, 2.75) is 11.7 Å². The molecule has 2 amide bonds. The lowest BCUT2D eigenvalue weighted by Crippen LogP contribution is -2.22. The minimum absolute atomic E-state index is 0.179. The quantitative estimate of drug-likeness (QED) is 0.430. The number of hydrogen-bond donors (Lipinski definition) is 1. The Hall–Kier alpha value is -3.98. The van der Waals surface area contributed by atoms with E-state index in [1.807, 2.05) is 60.3 Å². The fourth-order valence-corrected chi connectivity index (χ4v) is 3.80. The first-order valence-corrected chi connectivity index (χ1v) is 11.2. The first-order valence-electron chi connectivity index (χ1n) is 10.2. The molecule has 2 aromatic heterocycles. The molecule has 0 atom stereocenters. The van der Waals surface area contributed by atoms with E-state index in [-0.39, 0.29) is 17.6 Å². The zero-order valence-corrected chi connectivity index (χ0v) is 18.8. The number of pyridine rings is 1. The Morgan fingerprint density at radius 1 is 1.03 bits per heavy atom. The minimum atomic E-state index is -0.382. The van der Waals surface area contributed by atoms with E-state index in [9.17, 15) is 9.59 Å². The predicted molar refractivity (Wildman–Crippen MR) is 127 cm³/mol. The normalized spacial score (nSPS) is 11.4. The molecule has 0 aliphatic rings. The summed E-state index contributed by atoms with van der Waals surface area (Å²) in [6.07, 6.45) is 3.47. The Morgan fingerprint density at radius 2 is 1.85 bits per heavy atom. The van der Waals surface area contributed by atoms with E-state index in [0.717, 1.165) is 5.56 Å². The maximum absolute atomic E-state index is 12.9. The molecule has 0 aliphatic heterocycles. The molecule has 2 aromatic carbocycles. The first-order chi connectivity index (χ1) is 16.1. The van der Waals surface area contributed by atoms with Crippen LogP contribution in [-0.2, 0) is 18.4 Å². The summed E-state index contributed by atoms with van der Waals surface area (Å²) in [6.45, 7) is 0.604. The van der Waals surface area contributed by atoms with E-state index in [0.29, 0.717) is 28.4 Å². The zero-order chi connectivity index (χ0) is 23.0. The first kappa shape index (κ1) is 22.2. The van der Waals surface area contributed by atoms with Crippen molar-refractivity contribution in [1.29, 1.82) is 0 Å². The number of nitrogens with zero attached hydrogens (tertiary/aromatic N) is 5. The second-order valence-electron chi connectivity index (χ2n) is 7.23. The van der Waals surface area contributed by atoms with Crippen LogP contribution >= 0.6 is 11.8 Å². The van der Waals surface area contributed by atoms with E-state index in [1.165, 1.54) is 11.8 Å². The molecule has 2 heterocycles. The smallest absolute Gasteiger partial charge is 0.279 e. The number of rotatable bonds is 7. The highest BCUT2D eigenvalue weighted by atomic mass is 32.2. The van der Waals surface area contributed by atoms with Gasteiger partial charge in [-0.3, -0.25) is 9.59 Å². The maximum atomic E-state index is 12.9. The molecule has 0 fully saturated rings. The highest BCUT2D eigenvalue weighted by Gasteiger charge is 2.10. The largest absolute Gasteiger partial charge is 0.328 e. The van der Waals surface area contributed by atoms with Crippen molar-refractivity contribution in [3.05, 3.63) is 102 Å². The second-order valence-corrected chi connectivity index (χ2v) is 8.17. The fraction of sp³-hybridized carbons (Fsp3) is 0.125. The number of amides is 2. The molecule has 8 nitrogen and oxygen atoms in total. The Balaban J connectivity index is 1.46. The van der Waals surface area contributed by atoms with Gasteiger partial charge in [-0.25, -0.2) is 0 Å². The third kappa shape index (κ3) is 6.05. The molecule has 1 N–H and O–H groups in total. The summed E-state index contributed by atoms with van der Waals surface area (Å²) in [4.78, 5) is 29.5. The highest BCUT2D eigenvalue weighted by Crippen LogP contribution is 2.16. The summed E-state index contributed by atoms with van der Waals surface area (Å²) in [6, 6.07) is 22.3. The average molecular weight is 459 g/mol. The minimum Gasteiger partial charge on any atom is -0.328 e. The molecule has 9 heteroatoms. The maximum Gasteiger partial charge on any atom is 0.279 e. The van der Waals surface area contributed by atoms with Crippen LogP contribution in [0.5, 0.6) is 0 Å². The lowest BCUT2D eigenvalue weighted by Gasteiger charge is -2.08. The van der Waals surface area contributed by atoms with Crippen LogP contribution < -0.4 is 10.8 Å². The molecule has 0 bridgehead atoms. The van der Waals surface area contributed by atoms with Gasteiger partial charge in [0.25, 0.3) is 5.91 Å². The SMILES string of the molecule is Cn1cnnc1SCC(=O)Nc1cccc(C(=O)N=c2ccccn2Cc2ccccc2)c1. The number of carbonyl (C=O) groups excluding carboxylic acids is 2. The molecule has 33 heavy (non-hydrogen) atoms. The number of aryl methyl sites for hydroxylation is 1. The van der Waals surface area contributed by atoms with E-state index in [2.05, 4.69) is 20.5 Å². The summed E-state index contributed by atoms with van der Waals surface area (Å²) >= 11 is 1.28. The van der Waals surface area contributed by atoms with E-state index in [1.54, 1.807) is 41.2 Å². The van der Waals surface area contributed by atoms with Crippen LogP contribution in [0.25, 0.3) is 0 Å². The van der Waals surface area contributed by atoms with Gasteiger partial charge in [-0.2, -0.15) is 4.99 Å². The molecule has 4 aromatic rings. The van der Waals surface area contributed by atoms with Crippen LogP contribution in [0.15, 0.2) is 95.5 Å². The van der Waals surface area contributed by atoms with Crippen molar-refractivity contribution < 1.29 is 9.59 Å². The van der Waals surface area contributed by atoms with Crippen molar-refractivity contribution in [2.75, 3.05) is 11.1 Å². The summed E-state index contributed by atoms with van der Waals surface area (Å²) in [5.74, 6) is -0.403. The predicted octanol–water partition coefficient (Wildman–Crippen LogP) is 3.14. The molecule has 0 radical (unpaired) electrons. The molecule has 166 valence electrons. The third-order valence-corrected chi connectivity index (χ3v) is 5.76. The molecular formula is C24H22N6O2S. The number of benzene rings is 2. The molecule has 0 unspecified atom stereocenters. The average Bonchev–Trinajstić information content (AvgIpc) is 3.24. The van der Waals surface area contributed by atoms with Crippen molar-refractivity contribution in [3.8, 4) is 0 Å². The van der Waals surface area contributed by atoms with Gasteiger partial charge in [0.1, 0.15) is 11.8 Å². The summed E-state index contributed by atoms with van der Waals surface area (Å²) in [5.41, 5.74) is 2.59. The van der Waals surface area contributed by atoms with E-state index >= 15 is 0 Å². The number of hydrogen-bond acceptors (Lipinski definition) is 5. The van der Waals surface area contributed by atoms with Crippen molar-refractivity contribution in [2.24, 2.45) is 12.0 Å². The lowest BCUT2D eigenvalue weighted by atomic mass is 10.2. The topological polar surface area (TPSA) is 94.2 Å².